The molecule has 1 aromatic heterocycles. The SMILES string of the molecule is Cc1cc(NN2C=C(N3CCCCC3)[N+]3C=NC=C3C2)n[nH]1. The van der Waals surface area contributed by atoms with Gasteiger partial charge in [-0.15, -0.1) is 0 Å². The minimum absolute atomic E-state index is 0.767. The fourth-order valence-electron chi connectivity index (χ4n) is 3.12. The van der Waals surface area contributed by atoms with E-state index in [-0.39, 0.29) is 0 Å². The molecule has 1 radical (unpaired) electrons. The van der Waals surface area contributed by atoms with E-state index in [0.29, 0.717) is 0 Å². The predicted molar refractivity (Wildman–Crippen MR) is 85.9 cm³/mol. The van der Waals surface area contributed by atoms with Crippen LogP contribution in [0, 0.1) is 6.92 Å². The molecular weight excluding hydrogens is 278 g/mol. The number of hydrogen-bond acceptors (Lipinski definition) is 6. The van der Waals surface area contributed by atoms with Crippen LogP contribution in [0.5, 0.6) is 0 Å². The molecule has 0 bridgehead atoms. The van der Waals surface area contributed by atoms with E-state index in [2.05, 4.69) is 41.6 Å². The van der Waals surface area contributed by atoms with Crippen molar-refractivity contribution in [1.82, 2.24) is 25.0 Å². The van der Waals surface area contributed by atoms with Gasteiger partial charge in [-0.05, 0) is 31.1 Å². The zero-order chi connectivity index (χ0) is 14.9. The number of hydrogen-bond donors (Lipinski definition) is 2. The summed E-state index contributed by atoms with van der Waals surface area (Å²) in [5.74, 6) is 2.03. The molecule has 3 aliphatic heterocycles. The van der Waals surface area contributed by atoms with Crippen molar-refractivity contribution < 1.29 is 0 Å². The van der Waals surface area contributed by atoms with Crippen LogP contribution < -0.4 is 10.3 Å². The second-order valence-electron chi connectivity index (χ2n) is 5.97. The molecule has 4 rings (SSSR count). The van der Waals surface area contributed by atoms with Gasteiger partial charge in [0.2, 0.25) is 5.70 Å². The van der Waals surface area contributed by atoms with Gasteiger partial charge in [0, 0.05) is 24.8 Å². The maximum atomic E-state index is 4.31. The van der Waals surface area contributed by atoms with Crippen LogP contribution >= 0.6 is 0 Å². The monoisotopic (exact) mass is 299 g/mol. The number of rotatable bonds is 3. The first-order valence-corrected chi connectivity index (χ1v) is 7.83. The van der Waals surface area contributed by atoms with E-state index in [0.717, 1.165) is 31.1 Å². The molecule has 0 aromatic carbocycles. The summed E-state index contributed by atoms with van der Waals surface area (Å²) in [4.78, 5) is 8.95. The molecule has 0 atom stereocenters. The topological polar surface area (TPSA) is 65.4 Å². The molecule has 4 heterocycles. The zero-order valence-corrected chi connectivity index (χ0v) is 12.8. The highest BCUT2D eigenvalue weighted by Crippen LogP contribution is 2.25. The van der Waals surface area contributed by atoms with Gasteiger partial charge >= 0.3 is 0 Å². The summed E-state index contributed by atoms with van der Waals surface area (Å²) in [6.45, 7) is 4.99. The van der Waals surface area contributed by atoms with E-state index in [9.17, 15) is 0 Å². The summed E-state index contributed by atoms with van der Waals surface area (Å²) >= 11 is 0. The summed E-state index contributed by atoms with van der Waals surface area (Å²) in [7, 11) is 0. The Morgan fingerprint density at radius 3 is 2.91 bits per heavy atom. The average molecular weight is 299 g/mol. The number of H-pyrrole nitrogens is 1. The van der Waals surface area contributed by atoms with Crippen LogP contribution in [0.2, 0.25) is 0 Å². The van der Waals surface area contributed by atoms with Gasteiger partial charge in [-0.3, -0.25) is 15.5 Å². The van der Waals surface area contributed by atoms with Gasteiger partial charge in [-0.2, -0.15) is 5.10 Å². The van der Waals surface area contributed by atoms with Crippen LogP contribution in [0.1, 0.15) is 25.0 Å². The number of nitrogens with one attached hydrogen (secondary N) is 2. The van der Waals surface area contributed by atoms with Crippen molar-refractivity contribution in [2.75, 3.05) is 25.1 Å². The number of piperidine rings is 1. The second-order valence-corrected chi connectivity index (χ2v) is 5.97. The van der Waals surface area contributed by atoms with E-state index < -0.39 is 0 Å². The molecule has 1 aromatic rings. The van der Waals surface area contributed by atoms with Crippen LogP contribution in [-0.4, -0.2) is 46.1 Å². The third kappa shape index (κ3) is 2.48. The summed E-state index contributed by atoms with van der Waals surface area (Å²) in [5, 5.41) is 9.29. The van der Waals surface area contributed by atoms with Gasteiger partial charge in [0.05, 0.1) is 6.20 Å². The van der Waals surface area contributed by atoms with E-state index in [4.69, 9.17) is 0 Å². The first kappa shape index (κ1) is 13.4. The Labute approximate surface area is 130 Å². The number of fused-ring (bicyclic) bond motifs is 1. The van der Waals surface area contributed by atoms with E-state index in [1.807, 2.05) is 25.5 Å². The number of nitrogens with zero attached hydrogens (tertiary/aromatic N) is 5. The van der Waals surface area contributed by atoms with Crippen molar-refractivity contribution in [2.45, 2.75) is 26.2 Å². The molecular formula is C15H21N7+. The van der Waals surface area contributed by atoms with Crippen molar-refractivity contribution in [3.8, 4) is 0 Å². The van der Waals surface area contributed by atoms with Gasteiger partial charge in [0.15, 0.2) is 5.82 Å². The number of anilines is 1. The van der Waals surface area contributed by atoms with Crippen molar-refractivity contribution in [3.05, 3.63) is 35.7 Å². The Hall–Kier alpha value is -2.28. The number of hydrazine groups is 1. The summed E-state index contributed by atoms with van der Waals surface area (Å²) in [5.41, 5.74) is 5.58. The maximum absolute atomic E-state index is 4.31. The van der Waals surface area contributed by atoms with Gasteiger partial charge in [-0.1, -0.05) is 0 Å². The molecule has 7 heteroatoms. The predicted octanol–water partition coefficient (Wildman–Crippen LogP) is 1.67. The smallest absolute Gasteiger partial charge is 0.283 e. The molecule has 1 saturated heterocycles. The van der Waals surface area contributed by atoms with E-state index in [1.165, 1.54) is 30.8 Å². The molecule has 22 heavy (non-hydrogen) atoms. The highest BCUT2D eigenvalue weighted by atomic mass is 15.6. The van der Waals surface area contributed by atoms with Crippen molar-refractivity contribution in [1.29, 1.82) is 0 Å². The molecule has 0 saturated carbocycles. The molecule has 2 N–H and O–H groups in total. The van der Waals surface area contributed by atoms with Crippen molar-refractivity contribution in [3.63, 3.8) is 0 Å². The minimum Gasteiger partial charge on any atom is -0.322 e. The lowest BCUT2D eigenvalue weighted by Gasteiger charge is -2.33. The molecule has 3 aliphatic rings. The Bertz CT molecular complexity index is 636. The normalized spacial score (nSPS) is 21.7. The van der Waals surface area contributed by atoms with Crippen LogP contribution in [0.3, 0.4) is 0 Å². The fraction of sp³-hybridized carbons (Fsp3) is 0.467. The number of likely N-dealkylation sites (tertiary alicyclic amines) is 1. The summed E-state index contributed by atoms with van der Waals surface area (Å²) < 4.78 is 0. The molecule has 1 fully saturated rings. The number of aliphatic imine (C=N–C) groups is 1. The lowest BCUT2D eigenvalue weighted by molar-refractivity contribution is 0.243. The highest BCUT2D eigenvalue weighted by Gasteiger charge is 2.39. The molecule has 0 spiro atoms. The molecule has 115 valence electrons. The Balaban J connectivity index is 1.58. The van der Waals surface area contributed by atoms with Crippen LogP contribution in [0.15, 0.2) is 35.0 Å². The Kier molecular flexibility index (Phi) is 3.34. The summed E-state index contributed by atoms with van der Waals surface area (Å²) in [6.07, 6.45) is 9.84. The Morgan fingerprint density at radius 2 is 2.14 bits per heavy atom. The second kappa shape index (κ2) is 5.49. The van der Waals surface area contributed by atoms with E-state index in [1.54, 1.807) is 0 Å². The van der Waals surface area contributed by atoms with E-state index >= 15 is 0 Å². The van der Waals surface area contributed by atoms with Crippen LogP contribution in [-0.2, 0) is 0 Å². The van der Waals surface area contributed by atoms with Gasteiger partial charge in [0.1, 0.15) is 12.7 Å². The molecule has 0 aliphatic carbocycles. The lowest BCUT2D eigenvalue weighted by Crippen LogP contribution is -2.47. The molecule has 0 amide bonds. The lowest BCUT2D eigenvalue weighted by atomic mass is 10.1. The van der Waals surface area contributed by atoms with Crippen LogP contribution in [0.25, 0.3) is 0 Å². The van der Waals surface area contributed by atoms with Crippen molar-refractivity contribution >= 4 is 12.2 Å². The van der Waals surface area contributed by atoms with Gasteiger partial charge in [-0.25, -0.2) is 4.99 Å². The maximum Gasteiger partial charge on any atom is 0.283 e. The number of aryl methyl sites for hydroxylation is 1. The highest BCUT2D eigenvalue weighted by molar-refractivity contribution is 5.69. The largest absolute Gasteiger partial charge is 0.322 e. The third-order valence-corrected chi connectivity index (χ3v) is 4.21. The molecule has 0 unspecified atom stereocenters. The molecule has 7 nitrogen and oxygen atoms in total. The first-order chi connectivity index (χ1) is 10.8. The standard InChI is InChI=1S/C15H21N7/c1-12-7-14(18-17-12)19-21-9-13-8-16-11-22(13)15(10-21)20-5-3-2-4-6-20/h7-8,10-11H,2-6,9H2,1H3,(H2,17,18,19)/q+1. The fourth-order valence-corrected chi connectivity index (χ4v) is 3.12. The number of aromatic amines is 1. The number of aromatic nitrogens is 2. The zero-order valence-electron chi connectivity index (χ0n) is 12.8. The third-order valence-electron chi connectivity index (χ3n) is 4.21. The van der Waals surface area contributed by atoms with Crippen LogP contribution in [0.4, 0.5) is 5.82 Å². The van der Waals surface area contributed by atoms with Gasteiger partial charge < -0.3 is 4.90 Å². The van der Waals surface area contributed by atoms with Gasteiger partial charge in [0.25, 0.3) is 12.2 Å². The quantitative estimate of drug-likeness (QED) is 0.833. The van der Waals surface area contributed by atoms with Crippen molar-refractivity contribution in [2.24, 2.45) is 4.99 Å². The summed E-state index contributed by atoms with van der Waals surface area (Å²) in [6, 6.07) is 2.00. The average Bonchev–Trinajstić information content (AvgIpc) is 3.16. The minimum atomic E-state index is 0.767. The Morgan fingerprint density at radius 1 is 1.27 bits per heavy atom. The first-order valence-electron chi connectivity index (χ1n) is 7.83.